The maximum absolute atomic E-state index is 13.2. The summed E-state index contributed by atoms with van der Waals surface area (Å²) in [6.07, 6.45) is 1.59. The molecule has 0 bridgehead atoms. The number of ether oxygens (including phenoxy) is 2. The van der Waals surface area contributed by atoms with Gasteiger partial charge in [0.05, 0.1) is 34.2 Å². The maximum Gasteiger partial charge on any atom is 0.360 e. The molecule has 2 saturated heterocycles. The molecular formula is C25H22ClN5O7S. The Labute approximate surface area is 231 Å². The summed E-state index contributed by atoms with van der Waals surface area (Å²) in [6, 6.07) is 11.7. The molecule has 2 fully saturated rings. The number of rotatable bonds is 9. The van der Waals surface area contributed by atoms with E-state index in [4.69, 9.17) is 21.1 Å². The Hall–Kier alpha value is -3.97. The molecule has 3 heterocycles. The summed E-state index contributed by atoms with van der Waals surface area (Å²) in [7, 11) is 0. The Morgan fingerprint density at radius 3 is 2.41 bits per heavy atom. The molecule has 2 aliphatic heterocycles. The van der Waals surface area contributed by atoms with Gasteiger partial charge in [-0.1, -0.05) is 23.7 Å². The van der Waals surface area contributed by atoms with E-state index in [2.05, 4.69) is 10.2 Å². The van der Waals surface area contributed by atoms with Crippen LogP contribution in [-0.4, -0.2) is 58.8 Å². The molecule has 0 radical (unpaired) electrons. The summed E-state index contributed by atoms with van der Waals surface area (Å²) in [5.74, 6) is -1.42. The Bertz CT molecular complexity index is 1430. The number of nitro benzene ring substituents is 1. The van der Waals surface area contributed by atoms with Crippen molar-refractivity contribution in [2.45, 2.75) is 49.3 Å². The van der Waals surface area contributed by atoms with Crippen molar-refractivity contribution in [1.82, 2.24) is 19.9 Å². The SMILES string of the molecule is C[C@@]1(Cn2ncc(C(=O)OCc3ccc(Cl)cc3)n2)S[C@H]2CC(=O)N2[C@H]1C(=O)OCc1ccc([N+](=O)[O-])cc1. The molecule has 12 nitrogen and oxygen atoms in total. The van der Waals surface area contributed by atoms with Crippen molar-refractivity contribution in [3.05, 3.63) is 86.7 Å². The lowest BCUT2D eigenvalue weighted by atomic mass is 9.96. The Kier molecular flexibility index (Phi) is 7.28. The maximum atomic E-state index is 13.2. The molecular weight excluding hydrogens is 550 g/mol. The highest BCUT2D eigenvalue weighted by Gasteiger charge is 2.61. The summed E-state index contributed by atoms with van der Waals surface area (Å²) >= 11 is 7.32. The lowest BCUT2D eigenvalue weighted by Crippen LogP contribution is -2.58. The van der Waals surface area contributed by atoms with Crippen LogP contribution in [-0.2, 0) is 38.8 Å². The second kappa shape index (κ2) is 10.7. The number of hydrogen-bond donors (Lipinski definition) is 0. The minimum Gasteiger partial charge on any atom is -0.459 e. The standard InChI is InChI=1S/C25H22ClN5O7S/c1-25(14-29-27-11-19(28-29)23(33)37-12-15-2-6-17(26)7-3-15)22(30-20(32)10-21(30)39-25)24(34)38-13-16-4-8-18(9-5-16)31(35)36/h2-9,11,21-22H,10,12-14H2,1H3/t21-,22-,25-/m0/s1. The van der Waals surface area contributed by atoms with Crippen LogP contribution >= 0.6 is 23.4 Å². The quantitative estimate of drug-likeness (QED) is 0.162. The van der Waals surface area contributed by atoms with Crippen LogP contribution in [0.15, 0.2) is 54.7 Å². The Balaban J connectivity index is 1.24. The van der Waals surface area contributed by atoms with Gasteiger partial charge in [-0.15, -0.1) is 16.9 Å². The van der Waals surface area contributed by atoms with Crippen LogP contribution in [0, 0.1) is 10.1 Å². The predicted octanol–water partition coefficient (Wildman–Crippen LogP) is 3.37. The molecule has 0 aliphatic carbocycles. The second-order valence-electron chi connectivity index (χ2n) is 9.29. The van der Waals surface area contributed by atoms with Crippen molar-refractivity contribution in [2.75, 3.05) is 0 Å². The minimum absolute atomic E-state index is 0.00668. The van der Waals surface area contributed by atoms with Crippen molar-refractivity contribution >= 4 is 46.9 Å². The van der Waals surface area contributed by atoms with Crippen molar-refractivity contribution in [3.8, 4) is 0 Å². The molecule has 2 aliphatic rings. The van der Waals surface area contributed by atoms with E-state index in [9.17, 15) is 24.5 Å². The highest BCUT2D eigenvalue weighted by molar-refractivity contribution is 8.01. The van der Waals surface area contributed by atoms with E-state index >= 15 is 0 Å². The number of β-lactam (4-membered cyclic amide) rings is 1. The molecule has 0 N–H and O–H groups in total. The number of halogens is 1. The zero-order valence-electron chi connectivity index (χ0n) is 20.6. The van der Waals surface area contributed by atoms with Crippen molar-refractivity contribution in [1.29, 1.82) is 0 Å². The van der Waals surface area contributed by atoms with Gasteiger partial charge >= 0.3 is 11.9 Å². The number of fused-ring (bicyclic) bond motifs is 1. The number of non-ortho nitro benzene ring substituents is 1. The van der Waals surface area contributed by atoms with Crippen molar-refractivity contribution in [3.63, 3.8) is 0 Å². The number of thioether (sulfide) groups is 1. The van der Waals surface area contributed by atoms with Gasteiger partial charge < -0.3 is 14.4 Å². The highest BCUT2D eigenvalue weighted by Crippen LogP contribution is 2.51. The van der Waals surface area contributed by atoms with Crippen LogP contribution in [0.25, 0.3) is 0 Å². The molecule has 1 aromatic heterocycles. The van der Waals surface area contributed by atoms with E-state index in [-0.39, 0.29) is 42.4 Å². The Morgan fingerprint density at radius 1 is 1.13 bits per heavy atom. The van der Waals surface area contributed by atoms with E-state index in [0.29, 0.717) is 17.0 Å². The van der Waals surface area contributed by atoms with E-state index in [1.165, 1.54) is 51.9 Å². The van der Waals surface area contributed by atoms with Gasteiger partial charge in [0, 0.05) is 17.2 Å². The van der Waals surface area contributed by atoms with Gasteiger partial charge in [0.1, 0.15) is 19.3 Å². The topological polar surface area (TPSA) is 147 Å². The first-order chi connectivity index (χ1) is 18.6. The van der Waals surface area contributed by atoms with Gasteiger partial charge in [0.2, 0.25) is 5.91 Å². The van der Waals surface area contributed by atoms with Crippen LogP contribution in [0.5, 0.6) is 0 Å². The van der Waals surface area contributed by atoms with Crippen LogP contribution in [0.4, 0.5) is 5.69 Å². The highest BCUT2D eigenvalue weighted by atomic mass is 35.5. The number of amides is 1. The fraction of sp³-hybridized carbons (Fsp3) is 0.320. The third-order valence-corrected chi connectivity index (χ3v) is 8.25. The molecule has 5 rings (SSSR count). The number of benzene rings is 2. The van der Waals surface area contributed by atoms with Crippen LogP contribution in [0.1, 0.15) is 35.0 Å². The summed E-state index contributed by atoms with van der Waals surface area (Å²) < 4.78 is 9.99. The minimum atomic E-state index is -0.905. The average Bonchev–Trinajstić information content (AvgIpc) is 3.46. The van der Waals surface area contributed by atoms with E-state index in [1.54, 1.807) is 24.3 Å². The lowest BCUT2D eigenvalue weighted by molar-refractivity contribution is -0.384. The third-order valence-electron chi connectivity index (χ3n) is 6.45. The van der Waals surface area contributed by atoms with E-state index in [1.807, 2.05) is 6.92 Å². The lowest BCUT2D eigenvalue weighted by Gasteiger charge is -2.37. The van der Waals surface area contributed by atoms with E-state index in [0.717, 1.165) is 5.56 Å². The first-order valence-electron chi connectivity index (χ1n) is 11.8. The Morgan fingerprint density at radius 2 is 1.77 bits per heavy atom. The molecule has 1 amide bonds. The van der Waals surface area contributed by atoms with Gasteiger partial charge in [-0.05, 0) is 42.3 Å². The number of esters is 2. The molecule has 39 heavy (non-hydrogen) atoms. The second-order valence-corrected chi connectivity index (χ2v) is 11.4. The zero-order valence-corrected chi connectivity index (χ0v) is 22.1. The summed E-state index contributed by atoms with van der Waals surface area (Å²) in [5, 5.41) is 19.7. The van der Waals surface area contributed by atoms with Crippen LogP contribution in [0.2, 0.25) is 5.02 Å². The molecule has 0 spiro atoms. The molecule has 3 atom stereocenters. The molecule has 202 valence electrons. The van der Waals surface area contributed by atoms with Gasteiger partial charge in [-0.25, -0.2) is 9.59 Å². The fourth-order valence-electron chi connectivity index (χ4n) is 4.46. The van der Waals surface area contributed by atoms with Crippen LogP contribution in [0.3, 0.4) is 0 Å². The molecule has 2 aromatic carbocycles. The zero-order chi connectivity index (χ0) is 27.7. The van der Waals surface area contributed by atoms with Crippen LogP contribution < -0.4 is 0 Å². The third kappa shape index (κ3) is 5.59. The van der Waals surface area contributed by atoms with E-state index < -0.39 is 27.7 Å². The first kappa shape index (κ1) is 26.6. The normalized spacial score (nSPS) is 21.7. The number of carbonyl (C=O) groups is 3. The summed E-state index contributed by atoms with van der Waals surface area (Å²) in [4.78, 5) is 51.2. The van der Waals surface area contributed by atoms with Gasteiger partial charge in [0.25, 0.3) is 5.69 Å². The first-order valence-corrected chi connectivity index (χ1v) is 13.1. The van der Waals surface area contributed by atoms with Gasteiger partial charge in [-0.2, -0.15) is 9.90 Å². The predicted molar refractivity (Wildman–Crippen MR) is 139 cm³/mol. The number of nitrogens with zero attached hydrogens (tertiary/aromatic N) is 5. The number of aromatic nitrogens is 3. The van der Waals surface area contributed by atoms with Crippen molar-refractivity contribution in [2.24, 2.45) is 0 Å². The summed E-state index contributed by atoms with van der Waals surface area (Å²) in [6.45, 7) is 1.88. The number of carbonyl (C=O) groups excluding carboxylic acids is 3. The summed E-state index contributed by atoms with van der Waals surface area (Å²) in [5.41, 5.74) is 1.27. The fourth-order valence-corrected chi connectivity index (χ4v) is 6.32. The number of hydrogen-bond acceptors (Lipinski definition) is 10. The molecule has 0 unspecified atom stereocenters. The largest absolute Gasteiger partial charge is 0.459 e. The molecule has 3 aromatic rings. The van der Waals surface area contributed by atoms with Gasteiger partial charge in [0.15, 0.2) is 5.69 Å². The molecule has 0 saturated carbocycles. The van der Waals surface area contributed by atoms with Crippen molar-refractivity contribution < 1.29 is 28.8 Å². The van der Waals surface area contributed by atoms with Gasteiger partial charge in [-0.3, -0.25) is 14.9 Å². The number of nitro groups is 1. The average molecular weight is 572 g/mol. The smallest absolute Gasteiger partial charge is 0.360 e. The monoisotopic (exact) mass is 571 g/mol. The molecule has 14 heteroatoms.